The van der Waals surface area contributed by atoms with Gasteiger partial charge in [-0.15, -0.1) is 0 Å². The maximum Gasteiger partial charge on any atom is 0.119 e. The van der Waals surface area contributed by atoms with E-state index >= 15 is 0 Å². The molecule has 1 N–H and O–H groups in total. The number of hydrogen-bond donors (Lipinski definition) is 1. The molecule has 3 heteroatoms. The third kappa shape index (κ3) is 3.47. The van der Waals surface area contributed by atoms with Crippen molar-refractivity contribution in [2.45, 2.75) is 26.3 Å². The van der Waals surface area contributed by atoms with Crippen LogP contribution in [0.25, 0.3) is 0 Å². The Balaban J connectivity index is 2.18. The minimum Gasteiger partial charge on any atom is -0.497 e. The Labute approximate surface area is 114 Å². The van der Waals surface area contributed by atoms with Gasteiger partial charge in [-0.1, -0.05) is 19.9 Å². The fourth-order valence-corrected chi connectivity index (χ4v) is 2.09. The number of ether oxygens (including phenoxy) is 1. The van der Waals surface area contributed by atoms with Crippen LogP contribution in [-0.2, 0) is 6.54 Å². The first-order valence-electron chi connectivity index (χ1n) is 6.51. The van der Waals surface area contributed by atoms with E-state index in [1.165, 1.54) is 11.1 Å². The van der Waals surface area contributed by atoms with Crippen molar-refractivity contribution >= 4 is 5.69 Å². The zero-order valence-electron chi connectivity index (χ0n) is 11.7. The van der Waals surface area contributed by atoms with Crippen LogP contribution in [0.3, 0.4) is 0 Å². The first-order valence-corrected chi connectivity index (χ1v) is 6.51. The second-order valence-corrected chi connectivity index (χ2v) is 4.81. The van der Waals surface area contributed by atoms with Gasteiger partial charge in [-0.3, -0.25) is 4.98 Å². The molecule has 2 aromatic rings. The van der Waals surface area contributed by atoms with Gasteiger partial charge in [0.15, 0.2) is 0 Å². The maximum atomic E-state index is 5.30. The summed E-state index contributed by atoms with van der Waals surface area (Å²) in [5.41, 5.74) is 3.63. The van der Waals surface area contributed by atoms with Crippen LogP contribution in [0, 0.1) is 0 Å². The molecule has 0 aliphatic heterocycles. The average Bonchev–Trinajstić information content (AvgIpc) is 2.45. The summed E-state index contributed by atoms with van der Waals surface area (Å²) in [6.07, 6.45) is 3.60. The van der Waals surface area contributed by atoms with Crippen molar-refractivity contribution in [3.63, 3.8) is 0 Å². The van der Waals surface area contributed by atoms with Gasteiger partial charge < -0.3 is 10.1 Å². The van der Waals surface area contributed by atoms with E-state index in [0.29, 0.717) is 5.92 Å². The smallest absolute Gasteiger partial charge is 0.119 e. The summed E-state index contributed by atoms with van der Waals surface area (Å²) in [6, 6.07) is 10.2. The van der Waals surface area contributed by atoms with Crippen LogP contribution in [0.1, 0.15) is 30.9 Å². The minimum atomic E-state index is 0.497. The van der Waals surface area contributed by atoms with E-state index in [1.54, 1.807) is 13.3 Å². The molecular weight excluding hydrogens is 236 g/mol. The molecule has 1 heterocycles. The fraction of sp³-hybridized carbons (Fsp3) is 0.312. The lowest BCUT2D eigenvalue weighted by molar-refractivity contribution is 0.414. The van der Waals surface area contributed by atoms with Crippen molar-refractivity contribution < 1.29 is 4.74 Å². The van der Waals surface area contributed by atoms with Crippen LogP contribution in [0.5, 0.6) is 5.75 Å². The quantitative estimate of drug-likeness (QED) is 0.883. The molecular formula is C16H20N2O. The van der Waals surface area contributed by atoms with Gasteiger partial charge >= 0.3 is 0 Å². The standard InChI is InChI=1S/C16H20N2O/c1-12(2)16-7-6-15(19-3)9-13(16)10-18-14-5-4-8-17-11-14/h4-9,11-12,18H,10H2,1-3H3. The average molecular weight is 256 g/mol. The number of pyridine rings is 1. The van der Waals surface area contributed by atoms with Gasteiger partial charge in [-0.05, 0) is 41.3 Å². The molecule has 0 radical (unpaired) electrons. The topological polar surface area (TPSA) is 34.1 Å². The monoisotopic (exact) mass is 256 g/mol. The molecule has 0 unspecified atom stereocenters. The number of nitrogens with zero attached hydrogens (tertiary/aromatic N) is 1. The van der Waals surface area contributed by atoms with Crippen LogP contribution in [0.15, 0.2) is 42.7 Å². The summed E-state index contributed by atoms with van der Waals surface area (Å²) >= 11 is 0. The lowest BCUT2D eigenvalue weighted by Crippen LogP contribution is -2.04. The van der Waals surface area contributed by atoms with Gasteiger partial charge in [-0.2, -0.15) is 0 Å². The Morgan fingerprint density at radius 2 is 2.11 bits per heavy atom. The first-order chi connectivity index (χ1) is 9.20. The Bertz CT molecular complexity index is 524. The molecule has 19 heavy (non-hydrogen) atoms. The number of benzene rings is 1. The summed E-state index contributed by atoms with van der Waals surface area (Å²) in [5.74, 6) is 1.39. The van der Waals surface area contributed by atoms with E-state index < -0.39 is 0 Å². The van der Waals surface area contributed by atoms with Crippen LogP contribution < -0.4 is 10.1 Å². The summed E-state index contributed by atoms with van der Waals surface area (Å²) < 4.78 is 5.30. The van der Waals surface area contributed by atoms with E-state index in [1.807, 2.05) is 24.4 Å². The molecule has 3 nitrogen and oxygen atoms in total. The second kappa shape index (κ2) is 6.23. The molecule has 0 amide bonds. The Morgan fingerprint density at radius 1 is 1.26 bits per heavy atom. The predicted molar refractivity (Wildman–Crippen MR) is 78.6 cm³/mol. The lowest BCUT2D eigenvalue weighted by Gasteiger charge is -2.15. The van der Waals surface area contributed by atoms with E-state index in [0.717, 1.165) is 18.0 Å². The third-order valence-corrected chi connectivity index (χ3v) is 3.12. The molecule has 0 atom stereocenters. The van der Waals surface area contributed by atoms with Crippen molar-refractivity contribution in [2.24, 2.45) is 0 Å². The van der Waals surface area contributed by atoms with Crippen molar-refractivity contribution in [3.8, 4) is 5.75 Å². The molecule has 0 saturated carbocycles. The molecule has 0 aliphatic carbocycles. The van der Waals surface area contributed by atoms with E-state index in [2.05, 4.69) is 36.3 Å². The number of nitrogens with one attached hydrogen (secondary N) is 1. The summed E-state index contributed by atoms with van der Waals surface area (Å²) in [5, 5.41) is 3.39. The largest absolute Gasteiger partial charge is 0.497 e. The molecule has 0 spiro atoms. The van der Waals surface area contributed by atoms with Crippen LogP contribution in [-0.4, -0.2) is 12.1 Å². The van der Waals surface area contributed by atoms with Gasteiger partial charge in [0.1, 0.15) is 5.75 Å². The lowest BCUT2D eigenvalue weighted by atomic mass is 9.97. The molecule has 1 aromatic carbocycles. The zero-order valence-corrected chi connectivity index (χ0v) is 11.7. The maximum absolute atomic E-state index is 5.30. The SMILES string of the molecule is COc1ccc(C(C)C)c(CNc2cccnc2)c1. The molecule has 0 saturated heterocycles. The molecule has 2 rings (SSSR count). The van der Waals surface area contributed by atoms with Gasteiger partial charge in [-0.25, -0.2) is 0 Å². The Kier molecular flexibility index (Phi) is 4.39. The number of aromatic nitrogens is 1. The summed E-state index contributed by atoms with van der Waals surface area (Å²) in [4.78, 5) is 4.10. The van der Waals surface area contributed by atoms with Crippen LogP contribution >= 0.6 is 0 Å². The Hall–Kier alpha value is -2.03. The first kappa shape index (κ1) is 13.4. The summed E-state index contributed by atoms with van der Waals surface area (Å²) in [6.45, 7) is 5.18. The fourth-order valence-electron chi connectivity index (χ4n) is 2.09. The highest BCUT2D eigenvalue weighted by atomic mass is 16.5. The van der Waals surface area contributed by atoms with E-state index in [9.17, 15) is 0 Å². The van der Waals surface area contributed by atoms with Crippen molar-refractivity contribution in [1.29, 1.82) is 0 Å². The normalized spacial score (nSPS) is 10.5. The molecule has 1 aromatic heterocycles. The van der Waals surface area contributed by atoms with Crippen LogP contribution in [0.2, 0.25) is 0 Å². The van der Waals surface area contributed by atoms with Gasteiger partial charge in [0.05, 0.1) is 12.8 Å². The molecule has 0 aliphatic rings. The zero-order chi connectivity index (χ0) is 13.7. The highest BCUT2D eigenvalue weighted by Gasteiger charge is 2.08. The van der Waals surface area contributed by atoms with Gasteiger partial charge in [0.25, 0.3) is 0 Å². The Morgan fingerprint density at radius 3 is 2.74 bits per heavy atom. The number of methoxy groups -OCH3 is 1. The van der Waals surface area contributed by atoms with Gasteiger partial charge in [0.2, 0.25) is 0 Å². The van der Waals surface area contributed by atoms with Crippen molar-refractivity contribution in [2.75, 3.05) is 12.4 Å². The highest BCUT2D eigenvalue weighted by Crippen LogP contribution is 2.24. The second-order valence-electron chi connectivity index (χ2n) is 4.81. The van der Waals surface area contributed by atoms with E-state index in [-0.39, 0.29) is 0 Å². The highest BCUT2D eigenvalue weighted by molar-refractivity contribution is 5.44. The molecule has 0 bridgehead atoms. The van der Waals surface area contributed by atoms with Gasteiger partial charge in [0, 0.05) is 18.9 Å². The number of anilines is 1. The third-order valence-electron chi connectivity index (χ3n) is 3.12. The predicted octanol–water partition coefficient (Wildman–Crippen LogP) is 3.83. The van der Waals surface area contributed by atoms with Crippen molar-refractivity contribution in [3.05, 3.63) is 53.9 Å². The molecule has 0 fully saturated rings. The molecule has 100 valence electrons. The van der Waals surface area contributed by atoms with Crippen LogP contribution in [0.4, 0.5) is 5.69 Å². The number of hydrogen-bond acceptors (Lipinski definition) is 3. The summed E-state index contributed by atoms with van der Waals surface area (Å²) in [7, 11) is 1.70. The minimum absolute atomic E-state index is 0.497. The van der Waals surface area contributed by atoms with E-state index in [4.69, 9.17) is 4.74 Å². The number of rotatable bonds is 5. The van der Waals surface area contributed by atoms with Crippen molar-refractivity contribution in [1.82, 2.24) is 4.98 Å².